The van der Waals surface area contributed by atoms with E-state index in [9.17, 15) is 19.2 Å². The Balaban J connectivity index is 2.08. The van der Waals surface area contributed by atoms with Gasteiger partial charge in [-0.15, -0.1) is 0 Å². The molecule has 7 heteroatoms. The van der Waals surface area contributed by atoms with Crippen LogP contribution in [0.25, 0.3) is 0 Å². The lowest BCUT2D eigenvalue weighted by atomic mass is 9.98. The number of carbonyl (C=O) groups excluding carboxylic acids is 2. The molecule has 6 nitrogen and oxygen atoms in total. The molecule has 3 unspecified atom stereocenters. The van der Waals surface area contributed by atoms with Crippen LogP contribution < -0.4 is 0 Å². The summed E-state index contributed by atoms with van der Waals surface area (Å²) in [6.45, 7) is 8.00. The largest absolute Gasteiger partial charge is 0.334 e. The molecule has 0 aromatic carbocycles. The van der Waals surface area contributed by atoms with Gasteiger partial charge >= 0.3 is 0 Å². The van der Waals surface area contributed by atoms with Crippen molar-refractivity contribution in [3.63, 3.8) is 0 Å². The normalized spacial score (nSPS) is 24.7. The zero-order chi connectivity index (χ0) is 20.2. The number of rotatable bonds is 7. The van der Waals surface area contributed by atoms with Crippen LogP contribution in [0.5, 0.6) is 0 Å². The van der Waals surface area contributed by atoms with Crippen LogP contribution in [0, 0.1) is 17.2 Å². The molecule has 0 N–H and O–H groups in total. The fourth-order valence-corrected chi connectivity index (χ4v) is 4.06. The highest BCUT2D eigenvalue weighted by molar-refractivity contribution is 5.88. The summed E-state index contributed by atoms with van der Waals surface area (Å²) >= 11 is 0. The smallest absolute Gasteiger partial charge is 0.246 e. The Morgan fingerprint density at radius 2 is 1.96 bits per heavy atom. The van der Waals surface area contributed by atoms with Crippen molar-refractivity contribution in [2.75, 3.05) is 33.2 Å². The average molecular weight is 381 g/mol. The van der Waals surface area contributed by atoms with E-state index in [0.29, 0.717) is 25.9 Å². The molecule has 2 aliphatic rings. The van der Waals surface area contributed by atoms with Gasteiger partial charge in [0.2, 0.25) is 11.8 Å². The Kier molecular flexibility index (Phi) is 7.21. The van der Waals surface area contributed by atoms with Gasteiger partial charge in [-0.25, -0.2) is 4.39 Å². The molecule has 3 atom stereocenters. The van der Waals surface area contributed by atoms with Crippen LogP contribution >= 0.6 is 0 Å². The lowest BCUT2D eigenvalue weighted by Crippen LogP contribution is -2.52. The number of likely N-dealkylation sites (tertiary alicyclic amines) is 2. The fraction of sp³-hybridized carbons (Fsp3) is 0.850. The first-order valence-corrected chi connectivity index (χ1v) is 9.99. The number of amides is 2. The lowest BCUT2D eigenvalue weighted by molar-refractivity contribution is -0.146. The quantitative estimate of drug-likeness (QED) is 0.679. The number of carbonyl (C=O) groups is 2. The predicted molar refractivity (Wildman–Crippen MR) is 102 cm³/mol. The highest BCUT2D eigenvalue weighted by atomic mass is 19.1. The topological polar surface area (TPSA) is 67.6 Å². The van der Waals surface area contributed by atoms with E-state index in [1.807, 2.05) is 6.92 Å². The molecule has 2 saturated heterocycles. The maximum Gasteiger partial charge on any atom is 0.246 e. The monoisotopic (exact) mass is 380 g/mol. The summed E-state index contributed by atoms with van der Waals surface area (Å²) in [4.78, 5) is 31.0. The average Bonchev–Trinajstić information content (AvgIpc) is 3.24. The summed E-state index contributed by atoms with van der Waals surface area (Å²) in [5, 5.41) is 9.37. The van der Waals surface area contributed by atoms with Gasteiger partial charge in [0.15, 0.2) is 0 Å². The number of likely N-dealkylation sites (N-methyl/N-ethyl adjacent to an activating group) is 1. The SMILES string of the molecule is CC1CC(C#N)N(C(=O)C(CC(C)(C)F)N(C)C(=O)CCN2CCCC2)C1. The van der Waals surface area contributed by atoms with Gasteiger partial charge in [0.25, 0.3) is 0 Å². The third-order valence-electron chi connectivity index (χ3n) is 5.61. The summed E-state index contributed by atoms with van der Waals surface area (Å²) in [5.41, 5.74) is -1.59. The van der Waals surface area contributed by atoms with Gasteiger partial charge in [-0.3, -0.25) is 9.59 Å². The molecular formula is C20H33FN4O2. The van der Waals surface area contributed by atoms with Crippen molar-refractivity contribution in [3.05, 3.63) is 0 Å². The minimum atomic E-state index is -1.59. The van der Waals surface area contributed by atoms with Crippen LogP contribution in [0.3, 0.4) is 0 Å². The van der Waals surface area contributed by atoms with Gasteiger partial charge in [-0.1, -0.05) is 6.92 Å². The Bertz CT molecular complexity index is 578. The van der Waals surface area contributed by atoms with E-state index in [4.69, 9.17) is 0 Å². The summed E-state index contributed by atoms with van der Waals surface area (Å²) in [6, 6.07) is 0.802. The van der Waals surface area contributed by atoms with E-state index >= 15 is 0 Å². The molecule has 0 saturated carbocycles. The number of hydrogen-bond donors (Lipinski definition) is 0. The van der Waals surface area contributed by atoms with E-state index in [2.05, 4.69) is 11.0 Å². The molecule has 0 aliphatic carbocycles. The van der Waals surface area contributed by atoms with Crippen molar-refractivity contribution >= 4 is 11.8 Å². The second-order valence-electron chi connectivity index (χ2n) is 8.72. The van der Waals surface area contributed by atoms with Gasteiger partial charge in [-0.05, 0) is 52.1 Å². The Labute approximate surface area is 162 Å². The van der Waals surface area contributed by atoms with Gasteiger partial charge in [-0.2, -0.15) is 5.26 Å². The van der Waals surface area contributed by atoms with Crippen LogP contribution in [0.2, 0.25) is 0 Å². The Morgan fingerprint density at radius 3 is 2.52 bits per heavy atom. The lowest BCUT2D eigenvalue weighted by Gasteiger charge is -2.34. The predicted octanol–water partition coefficient (Wildman–Crippen LogP) is 2.20. The van der Waals surface area contributed by atoms with Crippen molar-refractivity contribution in [2.24, 2.45) is 5.92 Å². The van der Waals surface area contributed by atoms with Crippen molar-refractivity contribution in [3.8, 4) is 6.07 Å². The first kappa shape index (κ1) is 21.6. The molecular weight excluding hydrogens is 347 g/mol. The molecule has 2 fully saturated rings. The molecule has 2 amide bonds. The number of nitrogens with zero attached hydrogens (tertiary/aromatic N) is 4. The second-order valence-corrected chi connectivity index (χ2v) is 8.72. The Hall–Kier alpha value is -1.68. The maximum absolute atomic E-state index is 14.4. The van der Waals surface area contributed by atoms with E-state index in [1.165, 1.54) is 23.6 Å². The summed E-state index contributed by atoms with van der Waals surface area (Å²) < 4.78 is 14.4. The maximum atomic E-state index is 14.4. The second kappa shape index (κ2) is 9.01. The molecule has 2 rings (SSSR count). The standard InChI is InChI=1S/C20H33FN4O2/c1-15-11-16(13-22)25(14-15)19(27)17(12-20(2,3)21)23(4)18(26)7-10-24-8-5-6-9-24/h15-17H,5-12,14H2,1-4H3. The molecule has 27 heavy (non-hydrogen) atoms. The molecule has 2 heterocycles. The summed E-state index contributed by atoms with van der Waals surface area (Å²) in [5.74, 6) is -0.229. The van der Waals surface area contributed by atoms with Crippen molar-refractivity contribution in [1.29, 1.82) is 5.26 Å². The zero-order valence-corrected chi connectivity index (χ0v) is 17.1. The third kappa shape index (κ3) is 5.90. The fourth-order valence-electron chi connectivity index (χ4n) is 4.06. The molecule has 0 spiro atoms. The zero-order valence-electron chi connectivity index (χ0n) is 17.1. The van der Waals surface area contributed by atoms with Gasteiger partial charge in [0.1, 0.15) is 17.8 Å². The van der Waals surface area contributed by atoms with Gasteiger partial charge < -0.3 is 14.7 Å². The molecule has 0 bridgehead atoms. The van der Waals surface area contributed by atoms with E-state index in [-0.39, 0.29) is 24.2 Å². The van der Waals surface area contributed by atoms with Gasteiger partial charge in [0.05, 0.1) is 6.07 Å². The molecule has 0 aromatic heterocycles. The number of hydrogen-bond acceptors (Lipinski definition) is 4. The summed E-state index contributed by atoms with van der Waals surface area (Å²) in [6.07, 6.45) is 3.19. The number of alkyl halides is 1. The van der Waals surface area contributed by atoms with E-state index < -0.39 is 17.8 Å². The van der Waals surface area contributed by atoms with Crippen molar-refractivity contribution < 1.29 is 14.0 Å². The van der Waals surface area contributed by atoms with E-state index in [1.54, 1.807) is 7.05 Å². The highest BCUT2D eigenvalue weighted by Crippen LogP contribution is 2.27. The number of nitriles is 1. The first-order chi connectivity index (χ1) is 12.6. The van der Waals surface area contributed by atoms with Crippen LogP contribution in [0.15, 0.2) is 0 Å². The number of halogens is 1. The van der Waals surface area contributed by atoms with E-state index in [0.717, 1.165) is 25.9 Å². The molecule has 2 aliphatic heterocycles. The van der Waals surface area contributed by atoms with Crippen LogP contribution in [-0.2, 0) is 9.59 Å². The molecule has 0 aromatic rings. The summed E-state index contributed by atoms with van der Waals surface area (Å²) in [7, 11) is 1.58. The van der Waals surface area contributed by atoms with Crippen LogP contribution in [-0.4, -0.2) is 77.5 Å². The highest BCUT2D eigenvalue weighted by Gasteiger charge is 2.41. The first-order valence-electron chi connectivity index (χ1n) is 9.99. The van der Waals surface area contributed by atoms with Crippen LogP contribution in [0.4, 0.5) is 4.39 Å². The third-order valence-corrected chi connectivity index (χ3v) is 5.61. The molecule has 0 radical (unpaired) electrons. The van der Waals surface area contributed by atoms with Gasteiger partial charge in [0, 0.05) is 33.0 Å². The van der Waals surface area contributed by atoms with Crippen molar-refractivity contribution in [1.82, 2.24) is 14.7 Å². The minimum Gasteiger partial charge on any atom is -0.334 e. The van der Waals surface area contributed by atoms with Crippen molar-refractivity contribution in [2.45, 2.75) is 70.6 Å². The minimum absolute atomic E-state index is 0.0686. The molecule has 152 valence electrons. The van der Waals surface area contributed by atoms with Crippen LogP contribution in [0.1, 0.15) is 52.9 Å². The Morgan fingerprint density at radius 1 is 1.33 bits per heavy atom.